The third kappa shape index (κ3) is 3.93. The fourth-order valence-electron chi connectivity index (χ4n) is 4.36. The van der Waals surface area contributed by atoms with E-state index in [1.54, 1.807) is 52.3 Å². The highest BCUT2D eigenvalue weighted by molar-refractivity contribution is 7.07. The number of esters is 1. The molecule has 3 heterocycles. The Morgan fingerprint density at radius 2 is 2.00 bits per heavy atom. The predicted octanol–water partition coefficient (Wildman–Crippen LogP) is 2.54. The van der Waals surface area contributed by atoms with Crippen LogP contribution in [0.3, 0.4) is 0 Å². The second kappa shape index (κ2) is 9.54. The van der Waals surface area contributed by atoms with Crippen LogP contribution in [0.2, 0.25) is 0 Å². The van der Waals surface area contributed by atoms with Crippen LogP contribution in [0.15, 0.2) is 57.5 Å². The summed E-state index contributed by atoms with van der Waals surface area (Å²) < 4.78 is 29.2. The maximum Gasteiger partial charge on any atom is 0.338 e. The highest BCUT2D eigenvalue weighted by Gasteiger charge is 2.34. The Bertz CT molecular complexity index is 1570. The number of rotatable bonds is 6. The van der Waals surface area contributed by atoms with Gasteiger partial charge in [0, 0.05) is 5.56 Å². The Morgan fingerprint density at radius 3 is 2.75 bits per heavy atom. The Kier molecular flexibility index (Phi) is 6.27. The van der Waals surface area contributed by atoms with Gasteiger partial charge in [0.1, 0.15) is 0 Å². The van der Waals surface area contributed by atoms with Crippen molar-refractivity contribution in [3.05, 3.63) is 78.5 Å². The Balaban J connectivity index is 1.73. The van der Waals surface area contributed by atoms with Gasteiger partial charge in [-0.25, -0.2) is 9.79 Å². The first kappa shape index (κ1) is 23.7. The summed E-state index contributed by atoms with van der Waals surface area (Å²) in [5.74, 6) is 1.70. The monoisotopic (exact) mass is 508 g/mol. The molecule has 0 fully saturated rings. The molecule has 2 aliphatic rings. The van der Waals surface area contributed by atoms with Crippen LogP contribution < -0.4 is 33.8 Å². The van der Waals surface area contributed by atoms with E-state index in [0.29, 0.717) is 54.7 Å². The molecule has 1 atom stereocenters. The van der Waals surface area contributed by atoms with Gasteiger partial charge in [-0.05, 0) is 43.7 Å². The topological polar surface area (TPSA) is 97.6 Å². The lowest BCUT2D eigenvalue weighted by Crippen LogP contribution is -2.39. The summed E-state index contributed by atoms with van der Waals surface area (Å²) in [4.78, 5) is 31.9. The molecule has 5 rings (SSSR count). The van der Waals surface area contributed by atoms with Crippen LogP contribution in [0, 0.1) is 0 Å². The third-order valence-corrected chi connectivity index (χ3v) is 6.93. The number of benzene rings is 2. The van der Waals surface area contributed by atoms with Crippen molar-refractivity contribution >= 4 is 23.4 Å². The minimum absolute atomic E-state index is 0.115. The lowest BCUT2D eigenvalue weighted by atomic mass is 9.95. The van der Waals surface area contributed by atoms with Crippen LogP contribution in [0.5, 0.6) is 23.0 Å². The molecule has 186 valence electrons. The van der Waals surface area contributed by atoms with Gasteiger partial charge in [-0.2, -0.15) is 0 Å². The molecule has 0 spiro atoms. The summed E-state index contributed by atoms with van der Waals surface area (Å²) in [5, 5.41) is 0. The van der Waals surface area contributed by atoms with Gasteiger partial charge in [0.2, 0.25) is 6.79 Å². The molecule has 36 heavy (non-hydrogen) atoms. The Hall–Kier alpha value is -4.05. The number of methoxy groups -OCH3 is 2. The number of aromatic nitrogens is 1. The van der Waals surface area contributed by atoms with Gasteiger partial charge in [-0.3, -0.25) is 9.36 Å². The molecule has 2 aliphatic heterocycles. The fraction of sp³-hybridized carbons (Fsp3) is 0.269. The zero-order valence-corrected chi connectivity index (χ0v) is 21.0. The molecular formula is C26H24N2O7S. The summed E-state index contributed by atoms with van der Waals surface area (Å²) in [6.45, 7) is 3.79. The molecule has 0 radical (unpaired) electrons. The number of hydrogen-bond acceptors (Lipinski definition) is 9. The van der Waals surface area contributed by atoms with Crippen LogP contribution in [0.25, 0.3) is 6.08 Å². The van der Waals surface area contributed by atoms with Gasteiger partial charge in [0.05, 0.1) is 42.7 Å². The van der Waals surface area contributed by atoms with E-state index in [0.717, 1.165) is 0 Å². The minimum atomic E-state index is -0.746. The first-order valence-electron chi connectivity index (χ1n) is 11.3. The molecule has 0 bridgehead atoms. The maximum absolute atomic E-state index is 13.8. The summed E-state index contributed by atoms with van der Waals surface area (Å²) in [7, 11) is 3.10. The number of nitrogens with zero attached hydrogens (tertiary/aromatic N) is 2. The zero-order valence-electron chi connectivity index (χ0n) is 20.2. The number of carbonyl (C=O) groups excluding carboxylic acids is 1. The molecule has 0 aliphatic carbocycles. The predicted molar refractivity (Wildman–Crippen MR) is 133 cm³/mol. The van der Waals surface area contributed by atoms with Crippen molar-refractivity contribution in [2.24, 2.45) is 4.99 Å². The molecular weight excluding hydrogens is 484 g/mol. The van der Waals surface area contributed by atoms with E-state index in [1.807, 2.05) is 18.2 Å². The van der Waals surface area contributed by atoms with Crippen molar-refractivity contribution in [1.82, 2.24) is 4.57 Å². The van der Waals surface area contributed by atoms with Crippen LogP contribution in [0.1, 0.15) is 31.0 Å². The molecule has 0 N–H and O–H groups in total. The van der Waals surface area contributed by atoms with Crippen LogP contribution >= 0.6 is 11.3 Å². The van der Waals surface area contributed by atoms with Crippen molar-refractivity contribution in [3.8, 4) is 23.0 Å². The quantitative estimate of drug-likeness (QED) is 0.472. The summed E-state index contributed by atoms with van der Waals surface area (Å²) in [6, 6.07) is 10.1. The number of ether oxygens (including phenoxy) is 5. The number of fused-ring (bicyclic) bond motifs is 2. The van der Waals surface area contributed by atoms with Gasteiger partial charge in [0.15, 0.2) is 27.8 Å². The largest absolute Gasteiger partial charge is 0.493 e. The second-order valence-electron chi connectivity index (χ2n) is 8.00. The van der Waals surface area contributed by atoms with Crippen LogP contribution in [0.4, 0.5) is 0 Å². The van der Waals surface area contributed by atoms with Gasteiger partial charge in [-0.1, -0.05) is 29.5 Å². The SMILES string of the molecule is CCOC(=O)C1=C(C)N=c2s/c(=C\c3cccc(OC)c3OC)c(=O)n2[C@@H]1c1ccc2c(c1)OCO2. The maximum atomic E-state index is 13.8. The molecule has 0 saturated heterocycles. The number of para-hydroxylation sites is 1. The second-order valence-corrected chi connectivity index (χ2v) is 9.01. The molecule has 0 saturated carbocycles. The molecule has 0 amide bonds. The van der Waals surface area contributed by atoms with E-state index in [2.05, 4.69) is 4.99 Å². The highest BCUT2D eigenvalue weighted by Crippen LogP contribution is 2.38. The molecule has 0 unspecified atom stereocenters. The van der Waals surface area contributed by atoms with E-state index in [4.69, 9.17) is 23.7 Å². The van der Waals surface area contributed by atoms with Gasteiger partial charge in [-0.15, -0.1) is 0 Å². The van der Waals surface area contributed by atoms with E-state index in [-0.39, 0.29) is 19.0 Å². The van der Waals surface area contributed by atoms with E-state index in [1.165, 1.54) is 15.9 Å². The number of hydrogen-bond donors (Lipinski definition) is 0. The number of allylic oxidation sites excluding steroid dienone is 1. The normalized spacial score (nSPS) is 16.4. The Labute approximate surface area is 210 Å². The number of carbonyl (C=O) groups is 1. The Morgan fingerprint density at radius 1 is 1.19 bits per heavy atom. The van der Waals surface area contributed by atoms with Crippen LogP contribution in [-0.4, -0.2) is 38.2 Å². The third-order valence-electron chi connectivity index (χ3n) is 5.95. The lowest BCUT2D eigenvalue weighted by Gasteiger charge is -2.24. The van der Waals surface area contributed by atoms with Crippen molar-refractivity contribution < 1.29 is 28.5 Å². The van der Waals surface area contributed by atoms with Gasteiger partial charge in [0.25, 0.3) is 5.56 Å². The van der Waals surface area contributed by atoms with E-state index >= 15 is 0 Å². The molecule has 10 heteroatoms. The van der Waals surface area contributed by atoms with E-state index < -0.39 is 12.0 Å². The molecule has 2 aromatic carbocycles. The average molecular weight is 509 g/mol. The smallest absolute Gasteiger partial charge is 0.338 e. The van der Waals surface area contributed by atoms with Crippen molar-refractivity contribution in [3.63, 3.8) is 0 Å². The molecule has 9 nitrogen and oxygen atoms in total. The first-order valence-corrected chi connectivity index (χ1v) is 12.1. The van der Waals surface area contributed by atoms with Gasteiger partial charge < -0.3 is 23.7 Å². The highest BCUT2D eigenvalue weighted by atomic mass is 32.1. The fourth-order valence-corrected chi connectivity index (χ4v) is 5.39. The zero-order chi connectivity index (χ0) is 25.4. The van der Waals surface area contributed by atoms with E-state index in [9.17, 15) is 9.59 Å². The molecule has 3 aromatic rings. The number of thiazole rings is 1. The first-order chi connectivity index (χ1) is 17.5. The summed E-state index contributed by atoms with van der Waals surface area (Å²) in [5.41, 5.74) is 1.86. The lowest BCUT2D eigenvalue weighted by molar-refractivity contribution is -0.139. The summed E-state index contributed by atoms with van der Waals surface area (Å²) >= 11 is 1.23. The van der Waals surface area contributed by atoms with Gasteiger partial charge >= 0.3 is 5.97 Å². The summed E-state index contributed by atoms with van der Waals surface area (Å²) in [6.07, 6.45) is 1.74. The standard InChI is InChI=1S/C26H24N2O7S/c1-5-33-25(30)21-14(2)27-26-28(22(21)15-9-10-17-19(11-15)35-13-34-17)24(29)20(36-26)12-16-7-6-8-18(31-3)23(16)32-4/h6-12,22H,5,13H2,1-4H3/b20-12-/t22-/m1/s1. The van der Waals surface area contributed by atoms with Crippen LogP contribution in [-0.2, 0) is 9.53 Å². The van der Waals surface area contributed by atoms with Crippen molar-refractivity contribution in [1.29, 1.82) is 0 Å². The average Bonchev–Trinajstić information content (AvgIpc) is 3.46. The minimum Gasteiger partial charge on any atom is -0.493 e. The van der Waals surface area contributed by atoms with Crippen molar-refractivity contribution in [2.45, 2.75) is 19.9 Å². The molecule has 1 aromatic heterocycles. The van der Waals surface area contributed by atoms with Crippen molar-refractivity contribution in [2.75, 3.05) is 27.6 Å².